The maximum atomic E-state index is 14.3. The Morgan fingerprint density at radius 3 is 2.62 bits per heavy atom. The largest absolute Gasteiger partial charge is 0.447 e. The molecule has 5 rings (SSSR count). The molecule has 2 N–H and O–H groups in total. The third kappa shape index (κ3) is 5.24. The molecule has 2 aromatic carbocycles. The summed E-state index contributed by atoms with van der Waals surface area (Å²) >= 11 is 7.84. The van der Waals surface area contributed by atoms with Gasteiger partial charge in [-0.2, -0.15) is 0 Å². The Bertz CT molecular complexity index is 1470. The van der Waals surface area contributed by atoms with Crippen molar-refractivity contribution in [3.8, 4) is 10.6 Å². The fraction of sp³-hybridized carbons (Fsp3) is 0.259. The average molecular weight is 572 g/mol. The van der Waals surface area contributed by atoms with Crippen LogP contribution >= 0.6 is 22.9 Å². The van der Waals surface area contributed by atoms with E-state index in [9.17, 15) is 18.4 Å². The summed E-state index contributed by atoms with van der Waals surface area (Å²) in [5.41, 5.74) is 0.373. The number of thiazole rings is 1. The number of guanidine groups is 1. The van der Waals surface area contributed by atoms with E-state index in [-0.39, 0.29) is 18.1 Å². The van der Waals surface area contributed by atoms with Crippen molar-refractivity contribution in [2.24, 2.45) is 0 Å². The normalized spacial score (nSPS) is 19.1. The van der Waals surface area contributed by atoms with E-state index >= 15 is 0 Å². The van der Waals surface area contributed by atoms with Crippen molar-refractivity contribution < 1.29 is 23.1 Å². The number of benzene rings is 2. The number of halogens is 3. The van der Waals surface area contributed by atoms with Gasteiger partial charge in [0, 0.05) is 37.3 Å². The number of carbonyl (C=O) groups excluding carboxylic acids is 2. The van der Waals surface area contributed by atoms with Crippen LogP contribution in [0.1, 0.15) is 30.0 Å². The lowest BCUT2D eigenvalue weighted by atomic mass is 9.88. The molecule has 0 spiro atoms. The molecule has 0 radical (unpaired) electrons. The quantitative estimate of drug-likeness (QED) is 0.367. The van der Waals surface area contributed by atoms with Crippen molar-refractivity contribution in [1.29, 1.82) is 5.41 Å². The van der Waals surface area contributed by atoms with Crippen molar-refractivity contribution >= 4 is 40.9 Å². The number of nitrogens with one attached hydrogen (secondary N) is 2. The maximum absolute atomic E-state index is 14.3. The molecule has 12 heteroatoms. The monoisotopic (exact) mass is 571 g/mol. The molecule has 1 saturated heterocycles. The van der Waals surface area contributed by atoms with E-state index in [1.807, 2.05) is 0 Å². The Kier molecular flexibility index (Phi) is 7.13. The van der Waals surface area contributed by atoms with Crippen LogP contribution in [0.2, 0.25) is 5.02 Å². The molecule has 0 bridgehead atoms. The summed E-state index contributed by atoms with van der Waals surface area (Å²) in [6.45, 7) is -0.296. The number of hydrogen-bond acceptors (Lipinski definition) is 6. The molecule has 1 saturated carbocycles. The number of aromatic nitrogens is 1. The van der Waals surface area contributed by atoms with Crippen molar-refractivity contribution in [1.82, 2.24) is 20.1 Å². The van der Waals surface area contributed by atoms with E-state index in [1.54, 1.807) is 35.9 Å². The van der Waals surface area contributed by atoms with Crippen LogP contribution in [0.4, 0.5) is 13.6 Å². The lowest BCUT2D eigenvalue weighted by Gasteiger charge is -2.29. The minimum Gasteiger partial charge on any atom is -0.447 e. The van der Waals surface area contributed by atoms with Crippen LogP contribution < -0.4 is 5.32 Å². The molecular weight excluding hydrogens is 548 g/mol. The first-order valence-electron chi connectivity index (χ1n) is 12.0. The fourth-order valence-electron chi connectivity index (χ4n) is 4.44. The van der Waals surface area contributed by atoms with Crippen LogP contribution in [0.5, 0.6) is 0 Å². The van der Waals surface area contributed by atoms with Crippen molar-refractivity contribution in [2.75, 3.05) is 20.7 Å². The van der Waals surface area contributed by atoms with Gasteiger partial charge in [-0.1, -0.05) is 23.2 Å². The molecule has 202 valence electrons. The zero-order valence-electron chi connectivity index (χ0n) is 21.0. The van der Waals surface area contributed by atoms with E-state index in [1.165, 1.54) is 30.3 Å². The van der Waals surface area contributed by atoms with Crippen molar-refractivity contribution in [2.45, 2.75) is 24.4 Å². The Balaban J connectivity index is 1.61. The number of ether oxygens (including phenoxy) is 1. The molecule has 2 fully saturated rings. The Labute approximate surface area is 232 Å². The first-order valence-corrected chi connectivity index (χ1v) is 13.3. The van der Waals surface area contributed by atoms with Crippen LogP contribution in [0, 0.1) is 17.0 Å². The zero-order chi connectivity index (χ0) is 27.9. The average Bonchev–Trinajstić information content (AvgIpc) is 3.44. The molecule has 2 heterocycles. The number of carbonyl (C=O) groups is 2. The van der Waals surface area contributed by atoms with Gasteiger partial charge in [0.05, 0.1) is 11.1 Å². The number of allylic oxidation sites excluding steroid dienone is 1. The van der Waals surface area contributed by atoms with Gasteiger partial charge in [-0.05, 0) is 54.3 Å². The number of amides is 2. The molecule has 3 aromatic rings. The van der Waals surface area contributed by atoms with E-state index < -0.39 is 35.2 Å². The molecule has 39 heavy (non-hydrogen) atoms. The smallest absolute Gasteiger partial charge is 0.409 e. The Morgan fingerprint density at radius 2 is 2.00 bits per heavy atom. The Hall–Kier alpha value is -3.83. The number of hydrogen-bond donors (Lipinski definition) is 2. The van der Waals surface area contributed by atoms with Crippen LogP contribution in [-0.4, -0.2) is 53.4 Å². The SMILES string of the molecule is CN(C)C(=O)OCC(c1ccc(Cl)c(-c2nccs2)c1)N1C(=N)N[C@](C=C2CC2)(c2cc(F)cc(F)c2)C1=O. The van der Waals surface area contributed by atoms with E-state index in [0.29, 0.717) is 21.2 Å². The standard InChI is InChI=1S/C27H24ClF2N5O3S/c1-34(2)26(37)38-14-22(16-5-6-21(28)20(9-16)23-32-7-8-39-23)35-24(36)27(33-25(35)31,13-15-3-4-15)17-10-18(29)12-19(30)11-17/h5-13,22H,3-4,14H2,1-2H3,(H2,31,33)/t22?,27-/m1/s1. The molecule has 2 atom stereocenters. The summed E-state index contributed by atoms with van der Waals surface area (Å²) in [7, 11) is 3.05. The number of rotatable bonds is 7. The fourth-order valence-corrected chi connectivity index (χ4v) is 5.37. The zero-order valence-corrected chi connectivity index (χ0v) is 22.6. The van der Waals surface area contributed by atoms with Crippen molar-refractivity contribution in [3.05, 3.63) is 87.4 Å². The molecule has 1 aliphatic heterocycles. The second-order valence-electron chi connectivity index (χ2n) is 9.48. The molecule has 8 nitrogen and oxygen atoms in total. The molecule has 1 unspecified atom stereocenters. The third-order valence-corrected chi connectivity index (χ3v) is 7.61. The first kappa shape index (κ1) is 26.8. The minimum absolute atomic E-state index is 0.0280. The maximum Gasteiger partial charge on any atom is 0.409 e. The highest BCUT2D eigenvalue weighted by molar-refractivity contribution is 7.13. The third-order valence-electron chi connectivity index (χ3n) is 6.47. The topological polar surface area (TPSA) is 98.6 Å². The van der Waals surface area contributed by atoms with Crippen LogP contribution in [0.3, 0.4) is 0 Å². The summed E-state index contributed by atoms with van der Waals surface area (Å²) in [5.74, 6) is -2.63. The molecule has 1 aromatic heterocycles. The highest BCUT2D eigenvalue weighted by atomic mass is 35.5. The minimum atomic E-state index is -1.71. The van der Waals surface area contributed by atoms with Crippen LogP contribution in [0.25, 0.3) is 10.6 Å². The molecule has 1 aliphatic carbocycles. The van der Waals surface area contributed by atoms with Crippen LogP contribution in [0.15, 0.2) is 59.6 Å². The second kappa shape index (κ2) is 10.4. The highest BCUT2D eigenvalue weighted by Crippen LogP contribution is 2.42. The van der Waals surface area contributed by atoms with Gasteiger partial charge in [0.15, 0.2) is 11.5 Å². The Morgan fingerprint density at radius 1 is 1.28 bits per heavy atom. The summed E-state index contributed by atoms with van der Waals surface area (Å²) in [5, 5.41) is 14.6. The lowest BCUT2D eigenvalue weighted by Crippen LogP contribution is -2.43. The second-order valence-corrected chi connectivity index (χ2v) is 10.8. The van der Waals surface area contributed by atoms with Gasteiger partial charge in [0.2, 0.25) is 0 Å². The molecular formula is C27H24ClF2N5O3S. The van der Waals surface area contributed by atoms with E-state index in [2.05, 4.69) is 10.3 Å². The molecule has 2 aliphatic rings. The van der Waals surface area contributed by atoms with Gasteiger partial charge in [-0.25, -0.2) is 18.6 Å². The number of nitrogens with zero attached hydrogens (tertiary/aromatic N) is 3. The highest BCUT2D eigenvalue weighted by Gasteiger charge is 2.53. The van der Waals surface area contributed by atoms with Gasteiger partial charge < -0.3 is 15.0 Å². The van der Waals surface area contributed by atoms with Gasteiger partial charge in [0.1, 0.15) is 23.2 Å². The van der Waals surface area contributed by atoms with E-state index in [4.69, 9.17) is 21.7 Å². The van der Waals surface area contributed by atoms with Gasteiger partial charge in [0.25, 0.3) is 5.91 Å². The predicted molar refractivity (Wildman–Crippen MR) is 143 cm³/mol. The summed E-state index contributed by atoms with van der Waals surface area (Å²) in [4.78, 5) is 33.3. The van der Waals surface area contributed by atoms with Crippen molar-refractivity contribution in [3.63, 3.8) is 0 Å². The summed E-state index contributed by atoms with van der Waals surface area (Å²) in [6, 6.07) is 6.97. The first-order chi connectivity index (χ1) is 18.6. The summed E-state index contributed by atoms with van der Waals surface area (Å²) in [6.07, 6.45) is 4.10. The summed E-state index contributed by atoms with van der Waals surface area (Å²) < 4.78 is 34.1. The van der Waals surface area contributed by atoms with Crippen LogP contribution in [-0.2, 0) is 15.1 Å². The lowest BCUT2D eigenvalue weighted by molar-refractivity contribution is -0.132. The molecule has 2 amide bonds. The van der Waals surface area contributed by atoms with Gasteiger partial charge in [-0.3, -0.25) is 15.1 Å². The van der Waals surface area contributed by atoms with Gasteiger partial charge >= 0.3 is 6.09 Å². The van der Waals surface area contributed by atoms with E-state index in [0.717, 1.165) is 41.5 Å². The van der Waals surface area contributed by atoms with Gasteiger partial charge in [-0.15, -0.1) is 11.3 Å². The predicted octanol–water partition coefficient (Wildman–Crippen LogP) is 5.46.